The number of rotatable bonds is 4. The van der Waals surface area contributed by atoms with Crippen molar-refractivity contribution in [3.8, 4) is 0 Å². The van der Waals surface area contributed by atoms with Gasteiger partial charge in [0.2, 0.25) is 5.56 Å². The number of sulfonamides is 1. The molecule has 0 atom stereocenters. The van der Waals surface area contributed by atoms with E-state index in [0.29, 0.717) is 5.69 Å². The van der Waals surface area contributed by atoms with Gasteiger partial charge in [-0.15, -0.1) is 0 Å². The van der Waals surface area contributed by atoms with Crippen LogP contribution in [0, 0.1) is 0 Å². The van der Waals surface area contributed by atoms with Crippen molar-refractivity contribution in [2.75, 3.05) is 4.31 Å². The SMILES string of the molecule is Cn1cc(N(C2CCCC2)S(=O)(=O)c2ccccc2)ccc1=O. The maximum absolute atomic E-state index is 13.2. The lowest BCUT2D eigenvalue weighted by molar-refractivity contribution is 0.574. The van der Waals surface area contributed by atoms with E-state index in [9.17, 15) is 13.2 Å². The average Bonchev–Trinajstić information content (AvgIpc) is 3.05. The lowest BCUT2D eigenvalue weighted by Gasteiger charge is -2.30. The van der Waals surface area contributed by atoms with Gasteiger partial charge in [-0.3, -0.25) is 9.10 Å². The number of nitrogens with zero attached hydrogens (tertiary/aromatic N) is 2. The van der Waals surface area contributed by atoms with Gasteiger partial charge in [0, 0.05) is 25.4 Å². The Kier molecular flexibility index (Phi) is 4.26. The van der Waals surface area contributed by atoms with Crippen LogP contribution in [0.15, 0.2) is 58.4 Å². The van der Waals surface area contributed by atoms with Crippen LogP contribution in [0.3, 0.4) is 0 Å². The van der Waals surface area contributed by atoms with E-state index < -0.39 is 10.0 Å². The van der Waals surface area contributed by atoms with Crippen LogP contribution in [0.4, 0.5) is 5.69 Å². The highest BCUT2D eigenvalue weighted by Gasteiger charge is 2.33. The van der Waals surface area contributed by atoms with Gasteiger partial charge >= 0.3 is 0 Å². The number of anilines is 1. The zero-order valence-electron chi connectivity index (χ0n) is 13.1. The fourth-order valence-electron chi connectivity index (χ4n) is 3.10. The van der Waals surface area contributed by atoms with Crippen LogP contribution in [0.5, 0.6) is 0 Å². The van der Waals surface area contributed by atoms with Crippen LogP contribution in [0.25, 0.3) is 0 Å². The molecule has 0 spiro atoms. The quantitative estimate of drug-likeness (QED) is 0.864. The highest BCUT2D eigenvalue weighted by molar-refractivity contribution is 7.92. The predicted molar refractivity (Wildman–Crippen MR) is 90.0 cm³/mol. The van der Waals surface area contributed by atoms with E-state index >= 15 is 0 Å². The summed E-state index contributed by atoms with van der Waals surface area (Å²) in [7, 11) is -2.02. The normalized spacial score (nSPS) is 15.7. The summed E-state index contributed by atoms with van der Waals surface area (Å²) in [6, 6.07) is 11.4. The second-order valence-corrected chi connectivity index (χ2v) is 7.70. The highest BCUT2D eigenvalue weighted by Crippen LogP contribution is 2.32. The van der Waals surface area contributed by atoms with Gasteiger partial charge in [-0.25, -0.2) is 8.42 Å². The van der Waals surface area contributed by atoms with Crippen molar-refractivity contribution in [1.82, 2.24) is 4.57 Å². The fraction of sp³-hybridized carbons (Fsp3) is 0.353. The van der Waals surface area contributed by atoms with E-state index in [1.165, 1.54) is 14.9 Å². The third-order valence-corrected chi connectivity index (χ3v) is 6.18. The zero-order chi connectivity index (χ0) is 16.4. The molecule has 0 N–H and O–H groups in total. The molecule has 0 unspecified atom stereocenters. The summed E-state index contributed by atoms with van der Waals surface area (Å²) in [5, 5.41) is 0. The minimum Gasteiger partial charge on any atom is -0.316 e. The van der Waals surface area contributed by atoms with Gasteiger partial charge < -0.3 is 4.57 Å². The van der Waals surface area contributed by atoms with Crippen molar-refractivity contribution in [3.63, 3.8) is 0 Å². The van der Waals surface area contributed by atoms with Crippen LogP contribution in [-0.2, 0) is 17.1 Å². The van der Waals surface area contributed by atoms with Crippen LogP contribution >= 0.6 is 0 Å². The van der Waals surface area contributed by atoms with Gasteiger partial charge in [-0.2, -0.15) is 0 Å². The third-order valence-electron chi connectivity index (χ3n) is 4.28. The Morgan fingerprint density at radius 1 is 1.04 bits per heavy atom. The van der Waals surface area contributed by atoms with Gasteiger partial charge in [0.1, 0.15) is 0 Å². The van der Waals surface area contributed by atoms with Crippen molar-refractivity contribution in [2.45, 2.75) is 36.6 Å². The Morgan fingerprint density at radius 2 is 1.70 bits per heavy atom. The summed E-state index contributed by atoms with van der Waals surface area (Å²) >= 11 is 0. The van der Waals surface area contributed by atoms with Crippen molar-refractivity contribution in [1.29, 1.82) is 0 Å². The highest BCUT2D eigenvalue weighted by atomic mass is 32.2. The summed E-state index contributed by atoms with van der Waals surface area (Å²) in [6.07, 6.45) is 5.33. The molecule has 2 aromatic rings. The van der Waals surface area contributed by atoms with Gasteiger partial charge in [-0.05, 0) is 31.0 Å². The number of aryl methyl sites for hydroxylation is 1. The smallest absolute Gasteiger partial charge is 0.264 e. The minimum atomic E-state index is -3.65. The number of aromatic nitrogens is 1. The molecule has 122 valence electrons. The summed E-state index contributed by atoms with van der Waals surface area (Å²) in [6.45, 7) is 0. The maximum Gasteiger partial charge on any atom is 0.264 e. The Bertz CT molecular complexity index is 838. The molecule has 1 aliphatic rings. The van der Waals surface area contributed by atoms with Crippen LogP contribution in [-0.4, -0.2) is 19.0 Å². The third kappa shape index (κ3) is 3.03. The molecule has 1 aliphatic carbocycles. The Hall–Kier alpha value is -2.08. The largest absolute Gasteiger partial charge is 0.316 e. The lowest BCUT2D eigenvalue weighted by Crippen LogP contribution is -2.39. The number of hydrogen-bond acceptors (Lipinski definition) is 3. The summed E-state index contributed by atoms with van der Waals surface area (Å²) in [5.74, 6) is 0. The Balaban J connectivity index is 2.12. The number of pyridine rings is 1. The Labute approximate surface area is 136 Å². The Morgan fingerprint density at radius 3 is 2.30 bits per heavy atom. The number of hydrogen-bond donors (Lipinski definition) is 0. The molecule has 0 aliphatic heterocycles. The summed E-state index contributed by atoms with van der Waals surface area (Å²) in [5.41, 5.74) is 0.389. The van der Waals surface area contributed by atoms with Crippen molar-refractivity contribution < 1.29 is 8.42 Å². The van der Waals surface area contributed by atoms with Gasteiger partial charge in [0.05, 0.1) is 10.6 Å². The first kappa shape index (κ1) is 15.8. The monoisotopic (exact) mass is 332 g/mol. The molecule has 0 saturated heterocycles. The molecule has 1 heterocycles. The first-order valence-corrected chi connectivity index (χ1v) is 9.20. The zero-order valence-corrected chi connectivity index (χ0v) is 13.9. The van der Waals surface area contributed by atoms with Crippen molar-refractivity contribution in [3.05, 3.63) is 59.0 Å². The number of benzene rings is 1. The maximum atomic E-state index is 13.2. The van der Waals surface area contributed by atoms with Crippen LogP contribution in [0.1, 0.15) is 25.7 Å². The molecule has 6 heteroatoms. The molecule has 0 bridgehead atoms. The first-order valence-electron chi connectivity index (χ1n) is 7.76. The second kappa shape index (κ2) is 6.20. The first-order chi connectivity index (χ1) is 11.0. The van der Waals surface area contributed by atoms with Crippen molar-refractivity contribution >= 4 is 15.7 Å². The fourth-order valence-corrected chi connectivity index (χ4v) is 4.82. The molecule has 1 fully saturated rings. The molecule has 1 aromatic heterocycles. The van der Waals surface area contributed by atoms with E-state index in [-0.39, 0.29) is 16.5 Å². The molecule has 0 amide bonds. The van der Waals surface area contributed by atoms with E-state index in [4.69, 9.17) is 0 Å². The van der Waals surface area contributed by atoms with Gasteiger partial charge in [-0.1, -0.05) is 31.0 Å². The van der Waals surface area contributed by atoms with Crippen LogP contribution < -0.4 is 9.86 Å². The average molecular weight is 332 g/mol. The molecular formula is C17H20N2O3S. The molecule has 5 nitrogen and oxygen atoms in total. The van der Waals surface area contributed by atoms with Crippen molar-refractivity contribution in [2.24, 2.45) is 7.05 Å². The topological polar surface area (TPSA) is 59.4 Å². The minimum absolute atomic E-state index is 0.0577. The standard InChI is InChI=1S/C17H20N2O3S/c1-18-13-15(11-12-17(18)20)19(14-7-5-6-8-14)23(21,22)16-9-3-2-4-10-16/h2-4,9-14H,5-8H2,1H3. The van der Waals surface area contributed by atoms with Gasteiger partial charge in [0.25, 0.3) is 10.0 Å². The lowest BCUT2D eigenvalue weighted by atomic mass is 10.2. The molecule has 3 rings (SSSR count). The van der Waals surface area contributed by atoms with E-state index in [1.54, 1.807) is 49.6 Å². The molecule has 1 aromatic carbocycles. The van der Waals surface area contributed by atoms with E-state index in [2.05, 4.69) is 0 Å². The van der Waals surface area contributed by atoms with Gasteiger partial charge in [0.15, 0.2) is 0 Å². The second-order valence-electron chi connectivity index (χ2n) is 5.89. The molecule has 1 saturated carbocycles. The molecular weight excluding hydrogens is 312 g/mol. The van der Waals surface area contributed by atoms with Crippen LogP contribution in [0.2, 0.25) is 0 Å². The predicted octanol–water partition coefficient (Wildman–Crippen LogP) is 2.52. The van der Waals surface area contributed by atoms with E-state index in [1.807, 2.05) is 0 Å². The molecule has 0 radical (unpaired) electrons. The summed E-state index contributed by atoms with van der Waals surface area (Å²) in [4.78, 5) is 11.9. The summed E-state index contributed by atoms with van der Waals surface area (Å²) < 4.78 is 29.2. The van der Waals surface area contributed by atoms with E-state index in [0.717, 1.165) is 25.7 Å². The molecule has 23 heavy (non-hydrogen) atoms.